The van der Waals surface area contributed by atoms with Gasteiger partial charge in [-0.25, -0.2) is 9.59 Å². The summed E-state index contributed by atoms with van der Waals surface area (Å²) < 4.78 is 44.3. The quantitative estimate of drug-likeness (QED) is 0.0763. The normalized spacial score (nSPS) is 18.4. The molecule has 1 fully saturated rings. The Labute approximate surface area is 395 Å². The molecule has 2 aliphatic rings. The number of aromatic nitrogens is 1. The molecule has 17 heteroatoms. The molecule has 1 aliphatic carbocycles. The van der Waals surface area contributed by atoms with Gasteiger partial charge in [-0.15, -0.1) is 0 Å². The minimum atomic E-state index is -0.830. The smallest absolute Gasteiger partial charge is 0.332 e. The third kappa shape index (κ3) is 19.0. The van der Waals surface area contributed by atoms with Crippen LogP contribution in [-0.4, -0.2) is 169 Å². The summed E-state index contributed by atoms with van der Waals surface area (Å²) in [7, 11) is 3.18. The molecule has 2 aromatic carbocycles. The van der Waals surface area contributed by atoms with Gasteiger partial charge in [0.25, 0.3) is 0 Å². The van der Waals surface area contributed by atoms with E-state index in [0.717, 1.165) is 22.3 Å². The molecule has 0 spiro atoms. The lowest BCUT2D eigenvalue weighted by Gasteiger charge is -2.42. The van der Waals surface area contributed by atoms with Gasteiger partial charge in [-0.05, 0) is 61.9 Å². The third-order valence-corrected chi connectivity index (χ3v) is 11.3. The van der Waals surface area contributed by atoms with Crippen LogP contribution in [0.2, 0.25) is 0 Å². The Bertz CT molecular complexity index is 1940. The molecule has 1 unspecified atom stereocenters. The van der Waals surface area contributed by atoms with Crippen LogP contribution < -0.4 is 10.6 Å². The molecule has 67 heavy (non-hydrogen) atoms. The Kier molecular flexibility index (Phi) is 22.6. The average Bonchev–Trinajstić information content (AvgIpc) is 3.64. The van der Waals surface area contributed by atoms with E-state index in [4.69, 9.17) is 37.9 Å². The van der Waals surface area contributed by atoms with Crippen molar-refractivity contribution < 1.29 is 57.1 Å². The summed E-state index contributed by atoms with van der Waals surface area (Å²) in [5.74, 6) is -2.33. The predicted molar refractivity (Wildman–Crippen MR) is 249 cm³/mol. The molecule has 17 nitrogen and oxygen atoms in total. The summed E-state index contributed by atoms with van der Waals surface area (Å²) in [6, 6.07) is 20.0. The van der Waals surface area contributed by atoms with Crippen LogP contribution in [0.25, 0.3) is 0 Å². The Hall–Kier alpha value is -4.85. The van der Waals surface area contributed by atoms with E-state index in [1.807, 2.05) is 93.7 Å². The van der Waals surface area contributed by atoms with Crippen molar-refractivity contribution >= 4 is 23.8 Å². The number of hydrogen-bond donors (Lipinski definition) is 2. The van der Waals surface area contributed by atoms with E-state index in [1.54, 1.807) is 20.4 Å². The second kappa shape index (κ2) is 28.5. The number of fused-ring (bicyclic) bond motifs is 1. The molecule has 3 aromatic rings. The van der Waals surface area contributed by atoms with Crippen molar-refractivity contribution in [2.75, 3.05) is 106 Å². The molecular weight excluding hydrogens is 863 g/mol. The van der Waals surface area contributed by atoms with Gasteiger partial charge >= 0.3 is 11.9 Å². The second-order valence-electron chi connectivity index (χ2n) is 17.8. The Morgan fingerprint density at radius 3 is 2.07 bits per heavy atom. The SMILES string of the molecule is COCCOCCOCC(=O)O[C@@H](C[C@@H](Cc1ccccc1)C(=O)NC1c2ccccc2C[C@H]1OC(=O)COCCOCCOC)CN1CCN(Cc2cccnc2)C[C@H]1C(=O)NC(C)(C)C. The van der Waals surface area contributed by atoms with Crippen LogP contribution in [-0.2, 0) is 76.5 Å². The number of nitrogens with zero attached hydrogens (tertiary/aromatic N) is 3. The molecule has 368 valence electrons. The van der Waals surface area contributed by atoms with Crippen molar-refractivity contribution in [3.63, 3.8) is 0 Å². The van der Waals surface area contributed by atoms with Gasteiger partial charge in [0.2, 0.25) is 11.8 Å². The lowest BCUT2D eigenvalue weighted by atomic mass is 9.91. The summed E-state index contributed by atoms with van der Waals surface area (Å²) >= 11 is 0. The number of ether oxygens (including phenoxy) is 8. The molecule has 1 aliphatic heterocycles. The zero-order chi connectivity index (χ0) is 47.9. The number of pyridine rings is 1. The van der Waals surface area contributed by atoms with Crippen LogP contribution in [0.1, 0.15) is 55.5 Å². The average molecular weight is 934 g/mol. The molecule has 2 amide bonds. The van der Waals surface area contributed by atoms with Crippen LogP contribution in [0.15, 0.2) is 79.1 Å². The molecule has 0 radical (unpaired) electrons. The molecule has 2 heterocycles. The number of carbonyl (C=O) groups is 4. The first-order chi connectivity index (χ1) is 32.4. The fraction of sp³-hybridized carbons (Fsp3) is 0.580. The number of rotatable bonds is 29. The highest BCUT2D eigenvalue weighted by Crippen LogP contribution is 2.34. The molecule has 0 bridgehead atoms. The molecule has 0 saturated carbocycles. The Morgan fingerprint density at radius 2 is 1.40 bits per heavy atom. The van der Waals surface area contributed by atoms with Gasteiger partial charge in [-0.1, -0.05) is 60.7 Å². The van der Waals surface area contributed by atoms with Gasteiger partial charge in [-0.3, -0.25) is 24.4 Å². The monoisotopic (exact) mass is 934 g/mol. The number of amides is 2. The lowest BCUT2D eigenvalue weighted by molar-refractivity contribution is -0.158. The van der Waals surface area contributed by atoms with Crippen LogP contribution in [0.4, 0.5) is 0 Å². The van der Waals surface area contributed by atoms with E-state index in [0.29, 0.717) is 72.1 Å². The maximum Gasteiger partial charge on any atom is 0.332 e. The van der Waals surface area contributed by atoms with Crippen molar-refractivity contribution in [1.82, 2.24) is 25.4 Å². The van der Waals surface area contributed by atoms with E-state index in [1.165, 1.54) is 0 Å². The summed E-state index contributed by atoms with van der Waals surface area (Å²) in [6.45, 7) is 10.2. The highest BCUT2D eigenvalue weighted by atomic mass is 16.6. The standard InChI is InChI=1S/C50H71N5O12/c1-50(2,3)53-49(59)43-34-54(32-38-14-11-17-51-31-38)18-19-55(43)33-41(66-45(56)35-64-26-24-62-22-20-60-4)29-40(28-37-12-7-6-8-13-37)48(58)52-47-42-16-10-9-15-39(42)30-44(47)67-46(57)36-65-27-25-63-23-21-61-5/h6-17,31,40-41,43-44,47H,18-30,32-36H2,1-5H3,(H,52,58)(H,53,59)/t40-,41+,43+,44-,47?/m1/s1. The van der Waals surface area contributed by atoms with E-state index in [2.05, 4.69) is 25.4 Å². The minimum absolute atomic E-state index is 0.120. The van der Waals surface area contributed by atoms with Crippen molar-refractivity contribution in [3.05, 3.63) is 101 Å². The summed E-state index contributed by atoms with van der Waals surface area (Å²) in [4.78, 5) is 64.3. The first-order valence-corrected chi connectivity index (χ1v) is 23.2. The minimum Gasteiger partial charge on any atom is -0.459 e. The largest absolute Gasteiger partial charge is 0.459 e. The van der Waals surface area contributed by atoms with Crippen LogP contribution in [0.3, 0.4) is 0 Å². The topological polar surface area (TPSA) is 186 Å². The van der Waals surface area contributed by atoms with Gasteiger partial charge in [0, 0.05) is 77.2 Å². The molecule has 2 N–H and O–H groups in total. The lowest BCUT2D eigenvalue weighted by Crippen LogP contribution is -2.62. The molecule has 5 atom stereocenters. The number of carbonyl (C=O) groups excluding carboxylic acids is 4. The highest BCUT2D eigenvalue weighted by Gasteiger charge is 2.40. The van der Waals surface area contributed by atoms with Crippen LogP contribution >= 0.6 is 0 Å². The van der Waals surface area contributed by atoms with Gasteiger partial charge in [0.05, 0.1) is 58.9 Å². The van der Waals surface area contributed by atoms with E-state index < -0.39 is 47.7 Å². The number of methoxy groups -OCH3 is 2. The van der Waals surface area contributed by atoms with Crippen molar-refractivity contribution in [2.24, 2.45) is 5.92 Å². The van der Waals surface area contributed by atoms with E-state index in [9.17, 15) is 19.2 Å². The summed E-state index contributed by atoms with van der Waals surface area (Å²) in [5, 5.41) is 6.41. The van der Waals surface area contributed by atoms with Crippen molar-refractivity contribution in [3.8, 4) is 0 Å². The van der Waals surface area contributed by atoms with E-state index in [-0.39, 0.29) is 57.8 Å². The van der Waals surface area contributed by atoms with Gasteiger partial charge in [-0.2, -0.15) is 0 Å². The molecule has 1 aromatic heterocycles. The highest BCUT2D eigenvalue weighted by molar-refractivity contribution is 5.83. The summed E-state index contributed by atoms with van der Waals surface area (Å²) in [5.41, 5.74) is 3.25. The summed E-state index contributed by atoms with van der Waals surface area (Å²) in [6.07, 6.45) is 2.88. The first kappa shape index (κ1) is 53.1. The number of hydrogen-bond acceptors (Lipinski definition) is 15. The second-order valence-corrected chi connectivity index (χ2v) is 17.8. The van der Waals surface area contributed by atoms with Crippen LogP contribution in [0.5, 0.6) is 0 Å². The maximum atomic E-state index is 14.9. The molecule has 5 rings (SSSR count). The molecular formula is C50H71N5O12. The fourth-order valence-corrected chi connectivity index (χ4v) is 8.18. The number of esters is 2. The maximum absolute atomic E-state index is 14.9. The first-order valence-electron chi connectivity index (χ1n) is 23.2. The number of benzene rings is 2. The Morgan fingerprint density at radius 1 is 0.761 bits per heavy atom. The Balaban J connectivity index is 1.36. The predicted octanol–water partition coefficient (Wildman–Crippen LogP) is 3.33. The van der Waals surface area contributed by atoms with E-state index >= 15 is 0 Å². The van der Waals surface area contributed by atoms with Gasteiger partial charge < -0.3 is 48.5 Å². The van der Waals surface area contributed by atoms with Crippen molar-refractivity contribution in [2.45, 2.75) is 76.4 Å². The molecule has 1 saturated heterocycles. The van der Waals surface area contributed by atoms with Gasteiger partial charge in [0.1, 0.15) is 31.5 Å². The van der Waals surface area contributed by atoms with Crippen molar-refractivity contribution in [1.29, 1.82) is 0 Å². The zero-order valence-electron chi connectivity index (χ0n) is 39.9. The van der Waals surface area contributed by atoms with Crippen LogP contribution in [0, 0.1) is 5.92 Å². The third-order valence-electron chi connectivity index (χ3n) is 11.3. The number of piperazine rings is 1. The number of nitrogens with one attached hydrogen (secondary N) is 2. The zero-order valence-corrected chi connectivity index (χ0v) is 39.9. The fourth-order valence-electron chi connectivity index (χ4n) is 8.18. The van der Waals surface area contributed by atoms with Gasteiger partial charge in [0.15, 0.2) is 0 Å².